The van der Waals surface area contributed by atoms with Crippen LogP contribution >= 0.6 is 23.4 Å². The Balaban J connectivity index is 2.02. The van der Waals surface area contributed by atoms with Crippen molar-refractivity contribution < 1.29 is 0 Å². The van der Waals surface area contributed by atoms with Gasteiger partial charge in [-0.1, -0.05) is 55.8 Å². The molecule has 0 bridgehead atoms. The van der Waals surface area contributed by atoms with Crippen LogP contribution in [-0.2, 0) is 0 Å². The monoisotopic (exact) mass is 290 g/mol. The van der Waals surface area contributed by atoms with Gasteiger partial charge in [0, 0.05) is 4.90 Å². The second-order valence-corrected chi connectivity index (χ2v) is 6.15. The van der Waals surface area contributed by atoms with Crippen molar-refractivity contribution in [3.05, 3.63) is 65.7 Å². The number of thioether (sulfide) groups is 1. The summed E-state index contributed by atoms with van der Waals surface area (Å²) < 4.78 is 0. The summed E-state index contributed by atoms with van der Waals surface area (Å²) in [7, 11) is 0. The maximum absolute atomic E-state index is 6.50. The van der Waals surface area contributed by atoms with Crippen molar-refractivity contribution in [2.75, 3.05) is 5.75 Å². The van der Waals surface area contributed by atoms with Crippen molar-refractivity contribution >= 4 is 23.4 Å². The highest BCUT2D eigenvalue weighted by Gasteiger charge is 2.09. The van der Waals surface area contributed by atoms with Crippen LogP contribution in [0, 0.1) is 0 Å². The maximum atomic E-state index is 6.50. The van der Waals surface area contributed by atoms with Crippen LogP contribution < -0.4 is 0 Å². The molecule has 0 saturated heterocycles. The summed E-state index contributed by atoms with van der Waals surface area (Å²) >= 11 is 8.42. The van der Waals surface area contributed by atoms with E-state index < -0.39 is 0 Å². The molecule has 0 aliphatic carbocycles. The fraction of sp³-hybridized carbons (Fsp3) is 0.294. The summed E-state index contributed by atoms with van der Waals surface area (Å²) in [4.78, 5) is 1.33. The summed E-state index contributed by atoms with van der Waals surface area (Å²) in [6.45, 7) is 2.22. The van der Waals surface area contributed by atoms with Gasteiger partial charge in [0.25, 0.3) is 0 Å². The molecule has 0 radical (unpaired) electrons. The molecule has 0 N–H and O–H groups in total. The van der Waals surface area contributed by atoms with Gasteiger partial charge < -0.3 is 0 Å². The molecule has 2 aromatic carbocycles. The minimum Gasteiger partial charge on any atom is -0.126 e. The molecule has 0 spiro atoms. The van der Waals surface area contributed by atoms with E-state index in [1.54, 1.807) is 0 Å². The van der Waals surface area contributed by atoms with Crippen molar-refractivity contribution in [3.8, 4) is 0 Å². The maximum Gasteiger partial charge on any atom is 0.0835 e. The van der Waals surface area contributed by atoms with Gasteiger partial charge in [0.05, 0.1) is 5.38 Å². The van der Waals surface area contributed by atoms with Gasteiger partial charge in [-0.25, -0.2) is 0 Å². The Bertz CT molecular complexity index is 478. The molecule has 0 amide bonds. The molecular weight excluding hydrogens is 272 g/mol. The number of benzene rings is 2. The van der Waals surface area contributed by atoms with Crippen molar-refractivity contribution in [2.24, 2.45) is 0 Å². The number of unbranched alkanes of at least 4 members (excludes halogenated alkanes) is 1. The molecule has 2 aromatic rings. The SMILES string of the molecule is CCCCSc1ccc(C(Cl)c2ccccc2)cc1. The van der Waals surface area contributed by atoms with Crippen LogP contribution in [0.2, 0.25) is 0 Å². The van der Waals surface area contributed by atoms with E-state index in [9.17, 15) is 0 Å². The molecule has 1 atom stereocenters. The first-order valence-electron chi connectivity index (χ1n) is 6.73. The van der Waals surface area contributed by atoms with Crippen molar-refractivity contribution in [3.63, 3.8) is 0 Å². The van der Waals surface area contributed by atoms with E-state index in [-0.39, 0.29) is 5.38 Å². The van der Waals surface area contributed by atoms with Crippen LogP contribution in [0.1, 0.15) is 36.3 Å². The van der Waals surface area contributed by atoms with E-state index >= 15 is 0 Å². The van der Waals surface area contributed by atoms with Gasteiger partial charge in [0.15, 0.2) is 0 Å². The zero-order valence-corrected chi connectivity index (χ0v) is 12.8. The second-order valence-electron chi connectivity index (χ2n) is 4.54. The molecule has 1 unspecified atom stereocenters. The molecule has 2 heteroatoms. The zero-order valence-electron chi connectivity index (χ0n) is 11.2. The predicted octanol–water partition coefficient (Wildman–Crippen LogP) is 5.91. The lowest BCUT2D eigenvalue weighted by Gasteiger charge is -2.11. The smallest absolute Gasteiger partial charge is 0.0835 e. The zero-order chi connectivity index (χ0) is 13.5. The van der Waals surface area contributed by atoms with Gasteiger partial charge >= 0.3 is 0 Å². The third-order valence-corrected chi connectivity index (χ3v) is 4.63. The van der Waals surface area contributed by atoms with Gasteiger partial charge in [-0.05, 0) is 35.4 Å². The molecule has 0 heterocycles. The van der Waals surface area contributed by atoms with Gasteiger partial charge in [-0.2, -0.15) is 0 Å². The Morgan fingerprint density at radius 3 is 2.21 bits per heavy atom. The van der Waals surface area contributed by atoms with E-state index in [2.05, 4.69) is 43.3 Å². The summed E-state index contributed by atoms with van der Waals surface area (Å²) in [6.07, 6.45) is 2.53. The highest BCUT2D eigenvalue weighted by atomic mass is 35.5. The number of rotatable bonds is 6. The minimum atomic E-state index is -0.0594. The molecule has 0 aliphatic heterocycles. The molecule has 0 aliphatic rings. The molecular formula is C17H19ClS. The summed E-state index contributed by atoms with van der Waals surface area (Å²) in [5, 5.41) is -0.0594. The number of halogens is 1. The summed E-state index contributed by atoms with van der Waals surface area (Å²) in [5.74, 6) is 1.19. The Hall–Kier alpha value is -0.920. The number of alkyl halides is 1. The Kier molecular flexibility index (Phi) is 5.81. The molecule has 2 rings (SSSR count). The molecule has 19 heavy (non-hydrogen) atoms. The quantitative estimate of drug-likeness (QED) is 0.362. The first kappa shape index (κ1) is 14.5. The summed E-state index contributed by atoms with van der Waals surface area (Å²) in [6, 6.07) is 18.8. The Morgan fingerprint density at radius 2 is 1.58 bits per heavy atom. The van der Waals surface area contributed by atoms with E-state index in [4.69, 9.17) is 11.6 Å². The lowest BCUT2D eigenvalue weighted by molar-refractivity contribution is 0.896. The fourth-order valence-corrected chi connectivity index (χ4v) is 3.17. The first-order valence-corrected chi connectivity index (χ1v) is 8.15. The highest BCUT2D eigenvalue weighted by molar-refractivity contribution is 7.99. The summed E-state index contributed by atoms with van der Waals surface area (Å²) in [5.41, 5.74) is 2.31. The first-order chi connectivity index (χ1) is 9.31. The van der Waals surface area contributed by atoms with Gasteiger partial charge in [0.2, 0.25) is 0 Å². The number of hydrogen-bond donors (Lipinski definition) is 0. The Labute approximate surface area is 125 Å². The van der Waals surface area contributed by atoms with Crippen LogP contribution in [0.5, 0.6) is 0 Å². The molecule has 0 nitrogen and oxygen atoms in total. The van der Waals surface area contributed by atoms with E-state index in [0.29, 0.717) is 0 Å². The van der Waals surface area contributed by atoms with Crippen molar-refractivity contribution in [1.82, 2.24) is 0 Å². The Morgan fingerprint density at radius 1 is 0.947 bits per heavy atom. The van der Waals surface area contributed by atoms with Crippen LogP contribution in [0.15, 0.2) is 59.5 Å². The lowest BCUT2D eigenvalue weighted by atomic mass is 10.0. The molecule has 0 fully saturated rings. The standard InChI is InChI=1S/C17H19ClS/c1-2-3-13-19-16-11-9-15(10-12-16)17(18)14-7-5-4-6-8-14/h4-12,17H,2-3,13H2,1H3. The predicted molar refractivity (Wildman–Crippen MR) is 86.2 cm³/mol. The average Bonchev–Trinajstić information content (AvgIpc) is 2.48. The van der Waals surface area contributed by atoms with E-state index in [1.165, 1.54) is 23.5 Å². The average molecular weight is 291 g/mol. The fourth-order valence-electron chi connectivity index (χ4n) is 1.88. The van der Waals surface area contributed by atoms with Gasteiger partial charge in [0.1, 0.15) is 0 Å². The van der Waals surface area contributed by atoms with Crippen molar-refractivity contribution in [1.29, 1.82) is 0 Å². The third-order valence-electron chi connectivity index (χ3n) is 3.03. The van der Waals surface area contributed by atoms with Gasteiger partial charge in [-0.3, -0.25) is 0 Å². The third kappa shape index (κ3) is 4.29. The largest absolute Gasteiger partial charge is 0.126 e. The van der Waals surface area contributed by atoms with Crippen LogP contribution in [0.25, 0.3) is 0 Å². The van der Waals surface area contributed by atoms with Crippen molar-refractivity contribution in [2.45, 2.75) is 30.0 Å². The van der Waals surface area contributed by atoms with Crippen LogP contribution in [0.3, 0.4) is 0 Å². The minimum absolute atomic E-state index is 0.0594. The highest BCUT2D eigenvalue weighted by Crippen LogP contribution is 2.30. The number of hydrogen-bond acceptors (Lipinski definition) is 1. The molecule has 100 valence electrons. The van der Waals surface area contributed by atoms with Crippen LogP contribution in [-0.4, -0.2) is 5.75 Å². The molecule has 0 saturated carbocycles. The normalized spacial score (nSPS) is 12.3. The van der Waals surface area contributed by atoms with E-state index in [0.717, 1.165) is 11.1 Å². The second kappa shape index (κ2) is 7.62. The van der Waals surface area contributed by atoms with Crippen LogP contribution in [0.4, 0.5) is 0 Å². The topological polar surface area (TPSA) is 0 Å². The van der Waals surface area contributed by atoms with E-state index in [1.807, 2.05) is 30.0 Å². The molecule has 0 aromatic heterocycles. The van der Waals surface area contributed by atoms with Gasteiger partial charge in [-0.15, -0.1) is 23.4 Å². The lowest BCUT2D eigenvalue weighted by Crippen LogP contribution is -1.92.